The number of ether oxygens (including phenoxy) is 2. The molecule has 0 amide bonds. The number of hydrogen-bond donors (Lipinski definition) is 0. The first-order chi connectivity index (χ1) is 17.1. The molecule has 0 bridgehead atoms. The van der Waals surface area contributed by atoms with Crippen LogP contribution >= 0.6 is 0 Å². The first-order valence-electron chi connectivity index (χ1n) is 11.9. The molecule has 1 aliphatic heterocycles. The van der Waals surface area contributed by atoms with Crippen LogP contribution in [0.4, 0.5) is 0 Å². The van der Waals surface area contributed by atoms with E-state index in [1.165, 1.54) is 16.7 Å². The Bertz CT molecular complexity index is 1450. The number of fused-ring (bicyclic) bond motifs is 2. The van der Waals surface area contributed by atoms with Crippen LogP contribution in [0.1, 0.15) is 29.2 Å². The molecular formula is C33H26O2. The van der Waals surface area contributed by atoms with Crippen LogP contribution in [0.2, 0.25) is 0 Å². The van der Waals surface area contributed by atoms with Crippen molar-refractivity contribution in [3.05, 3.63) is 144 Å². The summed E-state index contributed by atoms with van der Waals surface area (Å²) in [5.74, 6) is 2.97. The summed E-state index contributed by atoms with van der Waals surface area (Å²) in [6.07, 6.45) is 0. The predicted octanol–water partition coefficient (Wildman–Crippen LogP) is 8.91. The SMILES string of the molecule is Cc1ccc2c(c1)Oc1c(ccc(C(C)(c3ccccc3)c3ccccc3)c1-c1ccccc1)O2. The second-order valence-corrected chi connectivity index (χ2v) is 9.19. The third kappa shape index (κ3) is 3.59. The molecule has 0 fully saturated rings. The standard InChI is InChI=1S/C33H26O2/c1-23-18-20-28-30(22-23)35-32-29(34-28)21-19-27(31(32)24-12-6-3-7-13-24)33(2,25-14-8-4-9-15-25)26-16-10-5-11-17-26/h3-22H,1-2H3. The Hall–Kier alpha value is -4.30. The monoisotopic (exact) mass is 454 g/mol. The maximum atomic E-state index is 6.63. The highest BCUT2D eigenvalue weighted by atomic mass is 16.6. The molecule has 5 aromatic rings. The van der Waals surface area contributed by atoms with Crippen LogP contribution in [0.5, 0.6) is 23.0 Å². The lowest BCUT2D eigenvalue weighted by molar-refractivity contribution is 0.359. The van der Waals surface area contributed by atoms with Crippen LogP contribution in [0.25, 0.3) is 11.1 Å². The van der Waals surface area contributed by atoms with E-state index in [4.69, 9.17) is 9.47 Å². The molecule has 0 saturated heterocycles. The largest absolute Gasteiger partial charge is 0.449 e. The molecule has 0 aromatic heterocycles. The van der Waals surface area contributed by atoms with Crippen molar-refractivity contribution < 1.29 is 9.47 Å². The van der Waals surface area contributed by atoms with Crippen LogP contribution in [0.3, 0.4) is 0 Å². The zero-order chi connectivity index (χ0) is 23.8. The molecule has 0 atom stereocenters. The summed E-state index contributed by atoms with van der Waals surface area (Å²) >= 11 is 0. The number of rotatable bonds is 4. The Morgan fingerprint density at radius 2 is 1.11 bits per heavy atom. The van der Waals surface area contributed by atoms with Gasteiger partial charge in [-0.3, -0.25) is 0 Å². The fourth-order valence-electron chi connectivity index (χ4n) is 5.08. The highest BCUT2D eigenvalue weighted by Crippen LogP contribution is 2.54. The Morgan fingerprint density at radius 1 is 0.543 bits per heavy atom. The maximum absolute atomic E-state index is 6.63. The molecule has 2 nitrogen and oxygen atoms in total. The van der Waals surface area contributed by atoms with Gasteiger partial charge in [-0.25, -0.2) is 0 Å². The van der Waals surface area contributed by atoms with Gasteiger partial charge in [-0.1, -0.05) is 103 Å². The van der Waals surface area contributed by atoms with Crippen molar-refractivity contribution >= 4 is 0 Å². The number of aryl methyl sites for hydroxylation is 1. The molecule has 5 aromatic carbocycles. The quantitative estimate of drug-likeness (QED) is 0.248. The van der Waals surface area contributed by atoms with Gasteiger partial charge in [0.2, 0.25) is 0 Å². The molecule has 0 radical (unpaired) electrons. The van der Waals surface area contributed by atoms with Gasteiger partial charge in [-0.2, -0.15) is 0 Å². The summed E-state index contributed by atoms with van der Waals surface area (Å²) in [4.78, 5) is 0. The first kappa shape index (κ1) is 21.2. The highest BCUT2D eigenvalue weighted by Gasteiger charge is 2.36. The number of hydrogen-bond acceptors (Lipinski definition) is 2. The molecule has 0 N–H and O–H groups in total. The van der Waals surface area contributed by atoms with Crippen LogP contribution in [-0.2, 0) is 5.41 Å². The predicted molar refractivity (Wildman–Crippen MR) is 142 cm³/mol. The minimum atomic E-state index is -0.418. The topological polar surface area (TPSA) is 18.5 Å². The van der Waals surface area contributed by atoms with Crippen LogP contribution in [-0.4, -0.2) is 0 Å². The van der Waals surface area contributed by atoms with Crippen LogP contribution in [0.15, 0.2) is 121 Å². The van der Waals surface area contributed by atoms with E-state index in [0.717, 1.165) is 39.7 Å². The Morgan fingerprint density at radius 3 is 1.74 bits per heavy atom. The molecule has 1 aliphatic rings. The summed E-state index contributed by atoms with van der Waals surface area (Å²) in [7, 11) is 0. The second-order valence-electron chi connectivity index (χ2n) is 9.19. The lowest BCUT2D eigenvalue weighted by atomic mass is 9.68. The average molecular weight is 455 g/mol. The van der Waals surface area contributed by atoms with Gasteiger partial charge in [0, 0.05) is 11.0 Å². The summed E-state index contributed by atoms with van der Waals surface area (Å²) < 4.78 is 13.0. The fourth-order valence-corrected chi connectivity index (χ4v) is 5.08. The van der Waals surface area contributed by atoms with E-state index in [1.54, 1.807) is 0 Å². The van der Waals surface area contributed by atoms with Crippen molar-refractivity contribution in [1.29, 1.82) is 0 Å². The normalized spacial score (nSPS) is 12.2. The Kier molecular flexibility index (Phi) is 5.15. The molecule has 1 heterocycles. The van der Waals surface area contributed by atoms with E-state index in [0.29, 0.717) is 0 Å². The molecule has 0 aliphatic carbocycles. The van der Waals surface area contributed by atoms with Crippen LogP contribution < -0.4 is 9.47 Å². The summed E-state index contributed by atoms with van der Waals surface area (Å²) in [5.41, 5.74) is 6.46. The van der Waals surface area contributed by atoms with Gasteiger partial charge in [-0.05, 0) is 59.9 Å². The zero-order valence-corrected chi connectivity index (χ0v) is 19.9. The van der Waals surface area contributed by atoms with Crippen molar-refractivity contribution in [3.8, 4) is 34.1 Å². The van der Waals surface area contributed by atoms with Gasteiger partial charge in [0.05, 0.1) is 0 Å². The fraction of sp³-hybridized carbons (Fsp3) is 0.0909. The molecule has 170 valence electrons. The molecule has 6 rings (SSSR count). The summed E-state index contributed by atoms with van der Waals surface area (Å²) in [6.45, 7) is 4.36. The third-order valence-corrected chi connectivity index (χ3v) is 6.96. The first-order valence-corrected chi connectivity index (χ1v) is 11.9. The minimum absolute atomic E-state index is 0.418. The molecule has 2 heteroatoms. The lowest BCUT2D eigenvalue weighted by Crippen LogP contribution is -2.26. The van der Waals surface area contributed by atoms with Crippen molar-refractivity contribution in [2.75, 3.05) is 0 Å². The van der Waals surface area contributed by atoms with Crippen LogP contribution in [0, 0.1) is 6.92 Å². The van der Waals surface area contributed by atoms with E-state index < -0.39 is 5.41 Å². The van der Waals surface area contributed by atoms with Crippen molar-refractivity contribution in [3.63, 3.8) is 0 Å². The van der Waals surface area contributed by atoms with Gasteiger partial charge in [0.25, 0.3) is 0 Å². The lowest BCUT2D eigenvalue weighted by Gasteiger charge is -2.35. The van der Waals surface area contributed by atoms with Crippen molar-refractivity contribution in [2.24, 2.45) is 0 Å². The Labute approximate surface area is 206 Å². The maximum Gasteiger partial charge on any atom is 0.178 e. The second kappa shape index (κ2) is 8.48. The third-order valence-electron chi connectivity index (χ3n) is 6.96. The molecule has 35 heavy (non-hydrogen) atoms. The van der Waals surface area contributed by atoms with E-state index in [2.05, 4.69) is 105 Å². The molecule has 0 unspecified atom stereocenters. The highest BCUT2D eigenvalue weighted by molar-refractivity contribution is 5.82. The summed E-state index contributed by atoms with van der Waals surface area (Å²) in [5, 5.41) is 0. The summed E-state index contributed by atoms with van der Waals surface area (Å²) in [6, 6.07) is 42.2. The van der Waals surface area contributed by atoms with Gasteiger partial charge in [-0.15, -0.1) is 0 Å². The molecule has 0 spiro atoms. The van der Waals surface area contributed by atoms with Gasteiger partial charge >= 0.3 is 0 Å². The van der Waals surface area contributed by atoms with Crippen molar-refractivity contribution in [1.82, 2.24) is 0 Å². The van der Waals surface area contributed by atoms with E-state index >= 15 is 0 Å². The van der Waals surface area contributed by atoms with E-state index in [9.17, 15) is 0 Å². The number of benzene rings is 5. The molecule has 0 saturated carbocycles. The van der Waals surface area contributed by atoms with Gasteiger partial charge < -0.3 is 9.47 Å². The Balaban J connectivity index is 1.66. The smallest absolute Gasteiger partial charge is 0.178 e. The minimum Gasteiger partial charge on any atom is -0.449 e. The van der Waals surface area contributed by atoms with Gasteiger partial charge in [0.15, 0.2) is 23.0 Å². The zero-order valence-electron chi connectivity index (χ0n) is 19.9. The molecular weight excluding hydrogens is 428 g/mol. The van der Waals surface area contributed by atoms with Gasteiger partial charge in [0.1, 0.15) is 0 Å². The van der Waals surface area contributed by atoms with E-state index in [1.807, 2.05) is 30.3 Å². The van der Waals surface area contributed by atoms with E-state index in [-0.39, 0.29) is 0 Å². The average Bonchev–Trinajstić information content (AvgIpc) is 2.92. The van der Waals surface area contributed by atoms with Crippen molar-refractivity contribution in [2.45, 2.75) is 19.3 Å².